The summed E-state index contributed by atoms with van der Waals surface area (Å²) in [6, 6.07) is 3.72. The van der Waals surface area contributed by atoms with Crippen LogP contribution in [0.2, 0.25) is 0 Å². The Kier molecular flexibility index (Phi) is 3.07. The molecule has 92 valence electrons. The van der Waals surface area contributed by atoms with Crippen LogP contribution < -0.4 is 5.73 Å². The van der Waals surface area contributed by atoms with Gasteiger partial charge in [0.2, 0.25) is 0 Å². The van der Waals surface area contributed by atoms with Crippen LogP contribution in [0.5, 0.6) is 0 Å². The average Bonchev–Trinajstić information content (AvgIpc) is 2.85. The Hall–Kier alpha value is -1.55. The Morgan fingerprint density at radius 2 is 2.06 bits per heavy atom. The van der Waals surface area contributed by atoms with Crippen molar-refractivity contribution in [1.29, 1.82) is 0 Å². The summed E-state index contributed by atoms with van der Waals surface area (Å²) in [5.41, 5.74) is 9.46. The SMILES string of the molecule is Cc1nn(C(c2ccco2)C(C)N)c(C)c1C. The Balaban J connectivity index is 2.51. The van der Waals surface area contributed by atoms with Crippen molar-refractivity contribution in [3.8, 4) is 0 Å². The lowest BCUT2D eigenvalue weighted by atomic mass is 10.1. The van der Waals surface area contributed by atoms with E-state index in [-0.39, 0.29) is 12.1 Å². The summed E-state index contributed by atoms with van der Waals surface area (Å²) in [4.78, 5) is 0. The molecule has 0 amide bonds. The third-order valence-electron chi connectivity index (χ3n) is 3.28. The fraction of sp³-hybridized carbons (Fsp3) is 0.462. The van der Waals surface area contributed by atoms with Crippen LogP contribution in [0.25, 0.3) is 0 Å². The number of aryl methyl sites for hydroxylation is 1. The largest absolute Gasteiger partial charge is 0.467 e. The lowest BCUT2D eigenvalue weighted by molar-refractivity contribution is 0.362. The lowest BCUT2D eigenvalue weighted by Gasteiger charge is -2.20. The minimum absolute atomic E-state index is 0.0441. The molecule has 0 aromatic carbocycles. The molecule has 2 aromatic rings. The molecule has 0 fully saturated rings. The molecule has 2 heterocycles. The van der Waals surface area contributed by atoms with E-state index >= 15 is 0 Å². The van der Waals surface area contributed by atoms with Crippen LogP contribution in [0.1, 0.15) is 35.7 Å². The molecule has 0 aliphatic rings. The van der Waals surface area contributed by atoms with Gasteiger partial charge in [0.1, 0.15) is 11.8 Å². The molecule has 0 spiro atoms. The first-order valence-electron chi connectivity index (χ1n) is 5.83. The first-order chi connectivity index (χ1) is 8.02. The second kappa shape index (κ2) is 4.37. The van der Waals surface area contributed by atoms with Crippen LogP contribution >= 0.6 is 0 Å². The fourth-order valence-electron chi connectivity index (χ4n) is 2.08. The van der Waals surface area contributed by atoms with Crippen molar-refractivity contribution in [1.82, 2.24) is 9.78 Å². The van der Waals surface area contributed by atoms with E-state index in [2.05, 4.69) is 18.9 Å². The first kappa shape index (κ1) is 11.9. The zero-order chi connectivity index (χ0) is 12.6. The molecule has 2 rings (SSSR count). The Morgan fingerprint density at radius 1 is 1.35 bits per heavy atom. The van der Waals surface area contributed by atoms with Gasteiger partial charge in [-0.05, 0) is 45.4 Å². The number of rotatable bonds is 3. The van der Waals surface area contributed by atoms with Gasteiger partial charge < -0.3 is 10.2 Å². The summed E-state index contributed by atoms with van der Waals surface area (Å²) in [7, 11) is 0. The van der Waals surface area contributed by atoms with Gasteiger partial charge in [-0.1, -0.05) is 0 Å². The maximum atomic E-state index is 6.07. The smallest absolute Gasteiger partial charge is 0.129 e. The van der Waals surface area contributed by atoms with Crippen LogP contribution in [0.3, 0.4) is 0 Å². The number of nitrogens with zero attached hydrogens (tertiary/aromatic N) is 2. The number of nitrogens with two attached hydrogens (primary N) is 1. The molecule has 2 aromatic heterocycles. The number of hydrogen-bond donors (Lipinski definition) is 1. The second-order valence-corrected chi connectivity index (χ2v) is 4.56. The molecule has 2 unspecified atom stereocenters. The molecule has 17 heavy (non-hydrogen) atoms. The highest BCUT2D eigenvalue weighted by molar-refractivity contribution is 5.24. The van der Waals surface area contributed by atoms with E-state index in [0.29, 0.717) is 0 Å². The summed E-state index contributed by atoms with van der Waals surface area (Å²) >= 11 is 0. The lowest BCUT2D eigenvalue weighted by Crippen LogP contribution is -2.31. The van der Waals surface area contributed by atoms with Gasteiger partial charge >= 0.3 is 0 Å². The van der Waals surface area contributed by atoms with Gasteiger partial charge in [-0.15, -0.1) is 0 Å². The maximum absolute atomic E-state index is 6.07. The van der Waals surface area contributed by atoms with Gasteiger partial charge in [-0.3, -0.25) is 4.68 Å². The van der Waals surface area contributed by atoms with Crippen LogP contribution in [-0.2, 0) is 0 Å². The molecule has 0 radical (unpaired) electrons. The van der Waals surface area contributed by atoms with Gasteiger partial charge in [0.15, 0.2) is 0 Å². The van der Waals surface area contributed by atoms with Crippen LogP contribution in [0.15, 0.2) is 22.8 Å². The van der Waals surface area contributed by atoms with E-state index in [1.54, 1.807) is 6.26 Å². The van der Waals surface area contributed by atoms with Gasteiger partial charge in [-0.25, -0.2) is 0 Å². The quantitative estimate of drug-likeness (QED) is 0.885. The van der Waals surface area contributed by atoms with Gasteiger partial charge in [0.05, 0.1) is 12.0 Å². The van der Waals surface area contributed by atoms with E-state index in [0.717, 1.165) is 17.1 Å². The first-order valence-corrected chi connectivity index (χ1v) is 5.83. The summed E-state index contributed by atoms with van der Waals surface area (Å²) in [5, 5.41) is 4.56. The average molecular weight is 233 g/mol. The highest BCUT2D eigenvalue weighted by Gasteiger charge is 2.24. The third kappa shape index (κ3) is 2.00. The normalized spacial score (nSPS) is 14.9. The van der Waals surface area contributed by atoms with E-state index < -0.39 is 0 Å². The van der Waals surface area contributed by atoms with Crippen LogP contribution in [0.4, 0.5) is 0 Å². The predicted molar refractivity (Wildman–Crippen MR) is 66.9 cm³/mol. The number of aromatic nitrogens is 2. The Bertz CT molecular complexity index is 497. The molecule has 0 saturated carbocycles. The van der Waals surface area contributed by atoms with Gasteiger partial charge in [0.25, 0.3) is 0 Å². The van der Waals surface area contributed by atoms with Crippen LogP contribution in [-0.4, -0.2) is 15.8 Å². The summed E-state index contributed by atoms with van der Waals surface area (Å²) in [6.07, 6.45) is 1.67. The molecule has 0 saturated heterocycles. The molecule has 2 N–H and O–H groups in total. The highest BCUT2D eigenvalue weighted by atomic mass is 16.3. The van der Waals surface area contributed by atoms with Crippen molar-refractivity contribution < 1.29 is 4.42 Å². The van der Waals surface area contributed by atoms with E-state index in [1.807, 2.05) is 30.7 Å². The minimum Gasteiger partial charge on any atom is -0.467 e. The zero-order valence-corrected chi connectivity index (χ0v) is 10.8. The Labute approximate surface area is 101 Å². The number of furan rings is 1. The topological polar surface area (TPSA) is 57.0 Å². The van der Waals surface area contributed by atoms with E-state index in [9.17, 15) is 0 Å². The van der Waals surface area contributed by atoms with Gasteiger partial charge in [0, 0.05) is 11.7 Å². The number of hydrogen-bond acceptors (Lipinski definition) is 3. The highest BCUT2D eigenvalue weighted by Crippen LogP contribution is 2.25. The second-order valence-electron chi connectivity index (χ2n) is 4.56. The standard InChI is InChI=1S/C13H19N3O/c1-8-10(3)15-16(11(8)4)13(9(2)14)12-6-5-7-17-12/h5-7,9,13H,14H2,1-4H3. The molecule has 0 bridgehead atoms. The molecule has 2 atom stereocenters. The van der Waals surface area contributed by atoms with E-state index in [4.69, 9.17) is 10.2 Å². The molecule has 0 aliphatic carbocycles. The summed E-state index contributed by atoms with van der Waals surface area (Å²) < 4.78 is 7.44. The van der Waals surface area contributed by atoms with Crippen molar-refractivity contribution >= 4 is 0 Å². The van der Waals surface area contributed by atoms with Crippen molar-refractivity contribution in [2.24, 2.45) is 5.73 Å². The fourth-order valence-corrected chi connectivity index (χ4v) is 2.08. The Morgan fingerprint density at radius 3 is 2.47 bits per heavy atom. The predicted octanol–water partition coefficient (Wildman–Crippen LogP) is 2.34. The molecular formula is C13H19N3O. The molecule has 0 aliphatic heterocycles. The van der Waals surface area contributed by atoms with Crippen molar-refractivity contribution in [2.75, 3.05) is 0 Å². The summed E-state index contributed by atoms with van der Waals surface area (Å²) in [6.45, 7) is 8.13. The van der Waals surface area contributed by atoms with Crippen molar-refractivity contribution in [3.63, 3.8) is 0 Å². The monoisotopic (exact) mass is 233 g/mol. The van der Waals surface area contributed by atoms with E-state index in [1.165, 1.54) is 5.56 Å². The minimum atomic E-state index is -0.0569. The third-order valence-corrected chi connectivity index (χ3v) is 3.28. The molecule has 4 nitrogen and oxygen atoms in total. The molecular weight excluding hydrogens is 214 g/mol. The van der Waals surface area contributed by atoms with Gasteiger partial charge in [-0.2, -0.15) is 5.10 Å². The summed E-state index contributed by atoms with van der Waals surface area (Å²) in [5.74, 6) is 0.852. The van der Waals surface area contributed by atoms with Crippen LogP contribution in [0, 0.1) is 20.8 Å². The zero-order valence-electron chi connectivity index (χ0n) is 10.8. The van der Waals surface area contributed by atoms with Crippen molar-refractivity contribution in [2.45, 2.75) is 39.8 Å². The van der Waals surface area contributed by atoms with Crippen molar-refractivity contribution in [3.05, 3.63) is 41.1 Å². The molecule has 4 heteroatoms. The maximum Gasteiger partial charge on any atom is 0.129 e.